The van der Waals surface area contributed by atoms with Crippen molar-refractivity contribution in [1.29, 1.82) is 0 Å². The number of hydrogen-bond acceptors (Lipinski definition) is 6. The average Bonchev–Trinajstić information content (AvgIpc) is 3.36. The molecule has 1 amide bonds. The van der Waals surface area contributed by atoms with Crippen LogP contribution in [0.2, 0.25) is 5.02 Å². The van der Waals surface area contributed by atoms with E-state index in [9.17, 15) is 13.2 Å². The number of hydrogen-bond donors (Lipinski definition) is 2. The molecule has 0 unspecified atom stereocenters. The van der Waals surface area contributed by atoms with Gasteiger partial charge in [-0.05, 0) is 47.8 Å². The molecule has 3 aromatic rings. The fraction of sp³-hybridized carbons (Fsp3) is 0.261. The van der Waals surface area contributed by atoms with Gasteiger partial charge < -0.3 is 10.1 Å². The summed E-state index contributed by atoms with van der Waals surface area (Å²) >= 11 is 7.71. The fourth-order valence-electron chi connectivity index (χ4n) is 3.60. The molecule has 1 fully saturated rings. The zero-order chi connectivity index (χ0) is 23.3. The molecule has 0 saturated carbocycles. The van der Waals surface area contributed by atoms with Crippen molar-refractivity contribution in [2.24, 2.45) is 0 Å². The van der Waals surface area contributed by atoms with Gasteiger partial charge in [-0.25, -0.2) is 8.42 Å². The number of benzene rings is 2. The highest BCUT2D eigenvalue weighted by Crippen LogP contribution is 2.26. The first-order valence-electron chi connectivity index (χ1n) is 10.4. The molecule has 1 aromatic heterocycles. The zero-order valence-corrected chi connectivity index (χ0v) is 20.1. The molecule has 2 heterocycles. The summed E-state index contributed by atoms with van der Waals surface area (Å²) in [5, 5.41) is 5.32. The van der Waals surface area contributed by atoms with Gasteiger partial charge in [0.2, 0.25) is 0 Å². The van der Waals surface area contributed by atoms with Crippen molar-refractivity contribution in [2.45, 2.75) is 10.9 Å². The Hall–Kier alpha value is -2.43. The van der Waals surface area contributed by atoms with E-state index in [1.165, 1.54) is 29.1 Å². The van der Waals surface area contributed by atoms with E-state index < -0.39 is 10.0 Å². The number of para-hydroxylation sites is 1. The molecule has 1 aliphatic heterocycles. The monoisotopic (exact) mass is 505 g/mol. The molecule has 0 spiro atoms. The molecule has 174 valence electrons. The Morgan fingerprint density at radius 3 is 2.45 bits per heavy atom. The topological polar surface area (TPSA) is 87.7 Å². The highest BCUT2D eigenvalue weighted by molar-refractivity contribution is 7.92. The molecule has 1 atom stereocenters. The van der Waals surface area contributed by atoms with Crippen LogP contribution < -0.4 is 10.0 Å². The Morgan fingerprint density at radius 1 is 1.06 bits per heavy atom. The van der Waals surface area contributed by atoms with Crippen LogP contribution in [-0.2, 0) is 14.8 Å². The molecule has 0 radical (unpaired) electrons. The van der Waals surface area contributed by atoms with E-state index in [0.717, 1.165) is 13.1 Å². The number of anilines is 1. The lowest BCUT2D eigenvalue weighted by Gasteiger charge is -2.34. The SMILES string of the molecule is O=C(NC[C@@H](c1cccs1)N1CCOCC1)c1ccc(S(=O)(=O)Nc2ccccc2Cl)cc1. The van der Waals surface area contributed by atoms with Crippen LogP contribution in [0.5, 0.6) is 0 Å². The smallest absolute Gasteiger partial charge is 0.261 e. The number of ether oxygens (including phenoxy) is 1. The van der Waals surface area contributed by atoms with E-state index in [4.69, 9.17) is 16.3 Å². The molecule has 1 saturated heterocycles. The van der Waals surface area contributed by atoms with Crippen molar-refractivity contribution in [3.05, 3.63) is 81.5 Å². The van der Waals surface area contributed by atoms with Crippen molar-refractivity contribution in [1.82, 2.24) is 10.2 Å². The summed E-state index contributed by atoms with van der Waals surface area (Å²) in [6.07, 6.45) is 0. The molecule has 2 N–H and O–H groups in total. The number of carbonyl (C=O) groups excluding carboxylic acids is 1. The maximum Gasteiger partial charge on any atom is 0.261 e. The Labute approximate surface area is 202 Å². The predicted octanol–water partition coefficient (Wildman–Crippen LogP) is 4.01. The van der Waals surface area contributed by atoms with Crippen molar-refractivity contribution < 1.29 is 17.9 Å². The molecule has 10 heteroatoms. The lowest BCUT2D eigenvalue weighted by Crippen LogP contribution is -2.43. The summed E-state index contributed by atoms with van der Waals surface area (Å²) in [6.45, 7) is 3.42. The minimum Gasteiger partial charge on any atom is -0.379 e. The van der Waals surface area contributed by atoms with E-state index in [2.05, 4.69) is 21.0 Å². The normalized spacial score (nSPS) is 15.7. The first-order valence-corrected chi connectivity index (χ1v) is 13.2. The fourth-order valence-corrected chi connectivity index (χ4v) is 5.78. The number of thiophene rings is 1. The molecule has 2 aromatic carbocycles. The summed E-state index contributed by atoms with van der Waals surface area (Å²) < 4.78 is 33.3. The molecular formula is C23H24ClN3O4S2. The van der Waals surface area contributed by atoms with Crippen LogP contribution in [0.25, 0.3) is 0 Å². The minimum atomic E-state index is -3.83. The second kappa shape index (κ2) is 10.7. The van der Waals surface area contributed by atoms with Crippen molar-refractivity contribution in [3.63, 3.8) is 0 Å². The third-order valence-corrected chi connectivity index (χ3v) is 8.04. The lowest BCUT2D eigenvalue weighted by molar-refractivity contribution is 0.0169. The quantitative estimate of drug-likeness (QED) is 0.483. The Bertz CT molecular complexity index is 1180. The average molecular weight is 506 g/mol. The highest BCUT2D eigenvalue weighted by atomic mass is 35.5. The summed E-state index contributed by atoms with van der Waals surface area (Å²) in [5.74, 6) is -0.257. The number of nitrogens with one attached hydrogen (secondary N) is 2. The number of amides is 1. The van der Waals surface area contributed by atoms with Crippen LogP contribution in [0.1, 0.15) is 21.3 Å². The van der Waals surface area contributed by atoms with Gasteiger partial charge in [-0.15, -0.1) is 11.3 Å². The first kappa shape index (κ1) is 23.7. The summed E-state index contributed by atoms with van der Waals surface area (Å²) in [5.41, 5.74) is 0.683. The van der Waals surface area contributed by atoms with Crippen LogP contribution in [-0.4, -0.2) is 52.1 Å². The van der Waals surface area contributed by atoms with Gasteiger partial charge in [0.25, 0.3) is 15.9 Å². The van der Waals surface area contributed by atoms with Crippen LogP contribution in [0.15, 0.2) is 70.9 Å². The third-order valence-electron chi connectivity index (χ3n) is 5.36. The Kier molecular flexibility index (Phi) is 7.67. The minimum absolute atomic E-state index is 0.0451. The van der Waals surface area contributed by atoms with Crippen LogP contribution in [0.3, 0.4) is 0 Å². The van der Waals surface area contributed by atoms with Gasteiger partial charge in [-0.3, -0.25) is 14.4 Å². The predicted molar refractivity (Wildman–Crippen MR) is 130 cm³/mol. The molecule has 1 aliphatic rings. The number of carbonyl (C=O) groups is 1. The van der Waals surface area contributed by atoms with Crippen molar-refractivity contribution in [3.8, 4) is 0 Å². The molecule has 0 bridgehead atoms. The van der Waals surface area contributed by atoms with Crippen LogP contribution in [0.4, 0.5) is 5.69 Å². The Morgan fingerprint density at radius 2 is 1.79 bits per heavy atom. The van der Waals surface area contributed by atoms with Crippen LogP contribution in [0, 0.1) is 0 Å². The second-order valence-electron chi connectivity index (χ2n) is 7.50. The van der Waals surface area contributed by atoms with Gasteiger partial charge in [-0.2, -0.15) is 0 Å². The summed E-state index contributed by atoms with van der Waals surface area (Å²) in [7, 11) is -3.83. The molecule has 0 aliphatic carbocycles. The first-order chi connectivity index (χ1) is 15.9. The number of nitrogens with zero attached hydrogens (tertiary/aromatic N) is 1. The maximum atomic E-state index is 12.8. The van der Waals surface area contributed by atoms with E-state index in [0.29, 0.717) is 36.0 Å². The lowest BCUT2D eigenvalue weighted by atomic mass is 10.1. The zero-order valence-electron chi connectivity index (χ0n) is 17.7. The standard InChI is InChI=1S/C23H24ClN3O4S2/c24-19-4-1-2-5-20(19)26-33(29,30)18-9-7-17(8-10-18)23(28)25-16-21(22-6-3-15-32-22)27-11-13-31-14-12-27/h1-10,15,21,26H,11-14,16H2,(H,25,28)/t21-/m0/s1. The van der Waals surface area contributed by atoms with E-state index in [1.807, 2.05) is 11.4 Å². The largest absolute Gasteiger partial charge is 0.379 e. The highest BCUT2D eigenvalue weighted by Gasteiger charge is 2.24. The molecule has 33 heavy (non-hydrogen) atoms. The number of sulfonamides is 1. The van der Waals surface area contributed by atoms with Crippen molar-refractivity contribution >= 4 is 44.6 Å². The molecular weight excluding hydrogens is 482 g/mol. The molecule has 7 nitrogen and oxygen atoms in total. The van der Waals surface area contributed by atoms with Gasteiger partial charge in [0.15, 0.2) is 0 Å². The van der Waals surface area contributed by atoms with Gasteiger partial charge in [0.05, 0.1) is 34.9 Å². The molecule has 4 rings (SSSR count). The maximum absolute atomic E-state index is 12.8. The number of rotatable bonds is 8. The third kappa shape index (κ3) is 5.93. The van der Waals surface area contributed by atoms with Gasteiger partial charge in [0, 0.05) is 30.1 Å². The van der Waals surface area contributed by atoms with E-state index in [-0.39, 0.29) is 16.8 Å². The van der Waals surface area contributed by atoms with Gasteiger partial charge >= 0.3 is 0 Å². The van der Waals surface area contributed by atoms with Gasteiger partial charge in [0.1, 0.15) is 0 Å². The number of halogens is 1. The van der Waals surface area contributed by atoms with E-state index in [1.54, 1.807) is 35.6 Å². The van der Waals surface area contributed by atoms with Crippen molar-refractivity contribution in [2.75, 3.05) is 37.6 Å². The number of morpholine rings is 1. The van der Waals surface area contributed by atoms with E-state index >= 15 is 0 Å². The van der Waals surface area contributed by atoms with Crippen LogP contribution >= 0.6 is 22.9 Å². The Balaban J connectivity index is 1.42. The summed E-state index contributed by atoms with van der Waals surface area (Å²) in [6, 6.07) is 16.6. The summed E-state index contributed by atoms with van der Waals surface area (Å²) in [4.78, 5) is 16.3. The van der Waals surface area contributed by atoms with Gasteiger partial charge in [-0.1, -0.05) is 29.8 Å². The second-order valence-corrected chi connectivity index (χ2v) is 10.6.